The second-order valence-electron chi connectivity index (χ2n) is 3.71. The van der Waals surface area contributed by atoms with E-state index in [0.29, 0.717) is 24.0 Å². The lowest BCUT2D eigenvalue weighted by atomic mass is 10.1. The van der Waals surface area contributed by atoms with Crippen molar-refractivity contribution in [3.05, 3.63) is 22.2 Å². The molecule has 0 aromatic rings. The number of hydrogen-bond acceptors (Lipinski definition) is 3. The molecule has 0 saturated heterocycles. The van der Waals surface area contributed by atoms with Crippen molar-refractivity contribution in [2.75, 3.05) is 13.2 Å². The Balaban J connectivity index is 4.13. The Kier molecular flexibility index (Phi) is 9.88. The Bertz CT molecular complexity index is 238. The maximum Gasteiger partial charge on any atom is 0.0781 e. The van der Waals surface area contributed by atoms with Gasteiger partial charge in [-0.3, -0.25) is 0 Å². The molecule has 100 valence electrons. The van der Waals surface area contributed by atoms with E-state index in [0.717, 1.165) is 0 Å². The Hall–Kier alpha value is -0.0600. The minimum Gasteiger partial charge on any atom is -0.389 e. The molecule has 0 spiro atoms. The Morgan fingerprint density at radius 1 is 1.00 bits per heavy atom. The molecule has 2 N–H and O–H groups in total. The van der Waals surface area contributed by atoms with E-state index >= 15 is 0 Å². The topological polar surface area (TPSA) is 49.7 Å². The Morgan fingerprint density at radius 2 is 1.35 bits per heavy atom. The highest BCUT2D eigenvalue weighted by Gasteiger charge is 2.11. The molecule has 0 aromatic heterocycles. The summed E-state index contributed by atoms with van der Waals surface area (Å²) in [5.74, 6) is 0. The normalized spacial score (nSPS) is 17.1. The fourth-order valence-corrected chi connectivity index (χ4v) is 1.63. The third-order valence-electron chi connectivity index (χ3n) is 2.45. The number of rotatable bonds is 8. The second kappa shape index (κ2) is 9.92. The van der Waals surface area contributed by atoms with Crippen LogP contribution < -0.4 is 0 Å². The minimum absolute atomic E-state index is 0.225. The quantitative estimate of drug-likeness (QED) is 0.720. The van der Waals surface area contributed by atoms with Crippen molar-refractivity contribution < 1.29 is 14.9 Å². The van der Waals surface area contributed by atoms with Gasteiger partial charge in [-0.15, -0.1) is 0 Å². The third-order valence-corrected chi connectivity index (χ3v) is 3.01. The first-order chi connectivity index (χ1) is 8.10. The van der Waals surface area contributed by atoms with Gasteiger partial charge in [-0.2, -0.15) is 0 Å². The summed E-state index contributed by atoms with van der Waals surface area (Å²) in [6, 6.07) is 0. The number of hydrogen-bond donors (Lipinski definition) is 2. The van der Waals surface area contributed by atoms with Crippen molar-refractivity contribution in [2.45, 2.75) is 38.9 Å². The summed E-state index contributed by atoms with van der Waals surface area (Å²) >= 11 is 11.2. The molecule has 0 aliphatic heterocycles. The number of aliphatic hydroxyl groups excluding tert-OH is 2. The lowest BCUT2D eigenvalue weighted by Gasteiger charge is -2.15. The zero-order valence-corrected chi connectivity index (χ0v) is 11.7. The maximum atomic E-state index is 9.57. The van der Waals surface area contributed by atoms with Crippen LogP contribution >= 0.6 is 23.2 Å². The average Bonchev–Trinajstić information content (AvgIpc) is 2.37. The molecule has 0 aliphatic carbocycles. The standard InChI is InChI=1S/C12H20Cl2O3/c1-3-11(15)9(5-13)7-17-8-10(6-14)12(16)4-2/h5-6,11-12,15-16H,3-4,7-8H2,1-2H3/b9-5-,10-6-. The SMILES string of the molecule is CCC(O)/C(=C\Cl)COC/C(=C/Cl)C(O)CC. The van der Waals surface area contributed by atoms with Crippen LogP contribution in [0.4, 0.5) is 0 Å². The van der Waals surface area contributed by atoms with Gasteiger partial charge in [0.2, 0.25) is 0 Å². The summed E-state index contributed by atoms with van der Waals surface area (Å²) in [4.78, 5) is 0. The van der Waals surface area contributed by atoms with E-state index in [1.165, 1.54) is 11.1 Å². The molecule has 0 saturated carbocycles. The molecule has 2 unspecified atom stereocenters. The van der Waals surface area contributed by atoms with Gasteiger partial charge in [-0.1, -0.05) is 37.0 Å². The molecular formula is C12H20Cl2O3. The summed E-state index contributed by atoms with van der Waals surface area (Å²) in [6.07, 6.45) is -0.0193. The van der Waals surface area contributed by atoms with Gasteiger partial charge in [-0.25, -0.2) is 0 Å². The van der Waals surface area contributed by atoms with Crippen molar-refractivity contribution in [3.8, 4) is 0 Å². The maximum absolute atomic E-state index is 9.57. The van der Waals surface area contributed by atoms with E-state index in [9.17, 15) is 10.2 Å². The highest BCUT2D eigenvalue weighted by atomic mass is 35.5. The number of ether oxygens (including phenoxy) is 1. The van der Waals surface area contributed by atoms with Crippen LogP contribution in [0.25, 0.3) is 0 Å². The van der Waals surface area contributed by atoms with Gasteiger partial charge in [0.15, 0.2) is 0 Å². The molecule has 0 aromatic carbocycles. The van der Waals surface area contributed by atoms with Crippen molar-refractivity contribution in [1.29, 1.82) is 0 Å². The van der Waals surface area contributed by atoms with Crippen LogP contribution in [0.2, 0.25) is 0 Å². The van der Waals surface area contributed by atoms with E-state index in [2.05, 4.69) is 0 Å². The molecule has 0 heterocycles. The predicted octanol–water partition coefficient (Wildman–Crippen LogP) is 2.79. The second-order valence-corrected chi connectivity index (χ2v) is 4.15. The van der Waals surface area contributed by atoms with E-state index in [-0.39, 0.29) is 13.2 Å². The third kappa shape index (κ3) is 6.43. The van der Waals surface area contributed by atoms with Crippen LogP contribution in [0.1, 0.15) is 26.7 Å². The minimum atomic E-state index is -0.591. The summed E-state index contributed by atoms with van der Waals surface area (Å²) in [7, 11) is 0. The van der Waals surface area contributed by atoms with Gasteiger partial charge < -0.3 is 14.9 Å². The zero-order valence-electron chi connectivity index (χ0n) is 10.2. The summed E-state index contributed by atoms with van der Waals surface area (Å²) < 4.78 is 5.36. The van der Waals surface area contributed by atoms with Gasteiger partial charge in [0.05, 0.1) is 25.4 Å². The van der Waals surface area contributed by atoms with E-state index in [1.807, 2.05) is 13.8 Å². The molecule has 2 atom stereocenters. The first-order valence-corrected chi connectivity index (χ1v) is 6.50. The van der Waals surface area contributed by atoms with Gasteiger partial charge in [0, 0.05) is 11.1 Å². The smallest absolute Gasteiger partial charge is 0.0781 e. The molecule has 0 radical (unpaired) electrons. The Labute approximate surface area is 113 Å². The molecule has 5 heteroatoms. The fourth-order valence-electron chi connectivity index (χ4n) is 1.21. The molecule has 0 fully saturated rings. The summed E-state index contributed by atoms with van der Waals surface area (Å²) in [6.45, 7) is 4.16. The highest BCUT2D eigenvalue weighted by Crippen LogP contribution is 2.12. The molecule has 0 aliphatic rings. The van der Waals surface area contributed by atoms with Gasteiger partial charge in [-0.05, 0) is 24.0 Å². The van der Waals surface area contributed by atoms with Crippen LogP contribution in [0.3, 0.4) is 0 Å². The van der Waals surface area contributed by atoms with Crippen LogP contribution in [0, 0.1) is 0 Å². The van der Waals surface area contributed by atoms with Crippen molar-refractivity contribution in [3.63, 3.8) is 0 Å². The average molecular weight is 283 g/mol. The molecule has 17 heavy (non-hydrogen) atoms. The monoisotopic (exact) mass is 282 g/mol. The van der Waals surface area contributed by atoms with E-state index in [4.69, 9.17) is 27.9 Å². The number of halogens is 2. The van der Waals surface area contributed by atoms with Crippen LogP contribution in [-0.2, 0) is 4.74 Å². The molecule has 0 bridgehead atoms. The molecular weight excluding hydrogens is 263 g/mol. The van der Waals surface area contributed by atoms with Crippen LogP contribution in [0.15, 0.2) is 22.2 Å². The van der Waals surface area contributed by atoms with E-state index < -0.39 is 12.2 Å². The molecule has 3 nitrogen and oxygen atoms in total. The zero-order chi connectivity index (χ0) is 13.3. The van der Waals surface area contributed by atoms with Gasteiger partial charge in [0.1, 0.15) is 0 Å². The number of aliphatic hydroxyl groups is 2. The summed E-state index contributed by atoms with van der Waals surface area (Å²) in [5.41, 5.74) is 3.89. The fraction of sp³-hybridized carbons (Fsp3) is 0.667. The molecule has 0 amide bonds. The lowest BCUT2D eigenvalue weighted by molar-refractivity contribution is 0.120. The first-order valence-electron chi connectivity index (χ1n) is 5.62. The van der Waals surface area contributed by atoms with Gasteiger partial charge >= 0.3 is 0 Å². The van der Waals surface area contributed by atoms with Crippen LogP contribution in [-0.4, -0.2) is 35.6 Å². The van der Waals surface area contributed by atoms with Crippen molar-refractivity contribution in [2.24, 2.45) is 0 Å². The lowest BCUT2D eigenvalue weighted by Crippen LogP contribution is -2.17. The molecule has 0 rings (SSSR count). The van der Waals surface area contributed by atoms with Gasteiger partial charge in [0.25, 0.3) is 0 Å². The first kappa shape index (κ1) is 16.9. The predicted molar refractivity (Wildman–Crippen MR) is 71.3 cm³/mol. The van der Waals surface area contributed by atoms with Crippen molar-refractivity contribution >= 4 is 23.2 Å². The Morgan fingerprint density at radius 3 is 1.59 bits per heavy atom. The highest BCUT2D eigenvalue weighted by molar-refractivity contribution is 6.26. The summed E-state index contributed by atoms with van der Waals surface area (Å²) in [5, 5.41) is 19.1. The van der Waals surface area contributed by atoms with Crippen molar-refractivity contribution in [1.82, 2.24) is 0 Å². The largest absolute Gasteiger partial charge is 0.389 e. The van der Waals surface area contributed by atoms with E-state index in [1.54, 1.807) is 0 Å². The van der Waals surface area contributed by atoms with Crippen LogP contribution in [0.5, 0.6) is 0 Å².